The predicted octanol–water partition coefficient (Wildman–Crippen LogP) is 2.42. The Morgan fingerprint density at radius 1 is 1.14 bits per heavy atom. The number of amides is 2. The zero-order chi connectivity index (χ0) is 20.4. The molecule has 29 heavy (non-hydrogen) atoms. The first kappa shape index (κ1) is 18.9. The maximum Gasteiger partial charge on any atom is 0.277 e. The second-order valence-electron chi connectivity index (χ2n) is 7.07. The molecule has 4 heterocycles. The molecular formula is C19H22N6O4. The van der Waals surface area contributed by atoms with Crippen molar-refractivity contribution in [3.63, 3.8) is 0 Å². The van der Waals surface area contributed by atoms with E-state index in [0.717, 1.165) is 19.3 Å². The molecule has 1 fully saturated rings. The molecule has 3 aromatic rings. The monoisotopic (exact) mass is 398 g/mol. The van der Waals surface area contributed by atoms with Crippen LogP contribution in [0.5, 0.6) is 0 Å². The number of carbonyl (C=O) groups excluding carboxylic acids is 2. The van der Waals surface area contributed by atoms with Gasteiger partial charge in [0.05, 0.1) is 24.5 Å². The summed E-state index contributed by atoms with van der Waals surface area (Å²) >= 11 is 0. The van der Waals surface area contributed by atoms with Crippen molar-refractivity contribution >= 4 is 17.5 Å². The maximum atomic E-state index is 12.9. The van der Waals surface area contributed by atoms with E-state index in [4.69, 9.17) is 8.83 Å². The molecule has 1 aliphatic rings. The summed E-state index contributed by atoms with van der Waals surface area (Å²) in [6.45, 7) is 4.61. The lowest BCUT2D eigenvalue weighted by molar-refractivity contribution is 0.0576. The van der Waals surface area contributed by atoms with Crippen molar-refractivity contribution in [2.75, 3.05) is 11.9 Å². The molecule has 10 heteroatoms. The molecule has 152 valence electrons. The lowest BCUT2D eigenvalue weighted by Gasteiger charge is -2.35. The van der Waals surface area contributed by atoms with E-state index < -0.39 is 0 Å². The molecule has 3 aromatic heterocycles. The molecule has 0 aliphatic carbocycles. The van der Waals surface area contributed by atoms with Crippen LogP contribution in [0.25, 0.3) is 0 Å². The molecule has 0 saturated carbocycles. The van der Waals surface area contributed by atoms with Crippen molar-refractivity contribution in [1.82, 2.24) is 24.6 Å². The number of hydrogen-bond acceptors (Lipinski definition) is 7. The fourth-order valence-electron chi connectivity index (χ4n) is 3.56. The molecule has 1 atom stereocenters. The number of aromatic nitrogens is 4. The summed E-state index contributed by atoms with van der Waals surface area (Å²) in [4.78, 5) is 35.0. The second-order valence-corrected chi connectivity index (χ2v) is 7.07. The summed E-state index contributed by atoms with van der Waals surface area (Å²) in [6, 6.07) is -0.00594. The van der Waals surface area contributed by atoms with E-state index >= 15 is 0 Å². The molecule has 1 aliphatic heterocycles. The zero-order valence-corrected chi connectivity index (χ0v) is 16.3. The Morgan fingerprint density at radius 2 is 1.86 bits per heavy atom. The van der Waals surface area contributed by atoms with Crippen molar-refractivity contribution in [3.05, 3.63) is 48.1 Å². The number of piperidine rings is 1. The SMILES string of the molecule is Cc1ocnc1C(=O)Nc1cnn(C[C@@H]2CCCCN2C(=O)c2ncoc2C)c1. The smallest absolute Gasteiger partial charge is 0.277 e. The third-order valence-electron chi connectivity index (χ3n) is 5.08. The van der Waals surface area contributed by atoms with Gasteiger partial charge in [-0.1, -0.05) is 0 Å². The van der Waals surface area contributed by atoms with Gasteiger partial charge in [-0.15, -0.1) is 0 Å². The number of nitrogens with one attached hydrogen (secondary N) is 1. The van der Waals surface area contributed by atoms with Gasteiger partial charge in [0.25, 0.3) is 11.8 Å². The minimum absolute atomic E-state index is 0.00594. The first-order chi connectivity index (χ1) is 14.0. The molecule has 4 rings (SSSR count). The van der Waals surface area contributed by atoms with Crippen molar-refractivity contribution in [2.24, 2.45) is 0 Å². The van der Waals surface area contributed by atoms with Crippen LogP contribution in [-0.2, 0) is 6.54 Å². The van der Waals surface area contributed by atoms with Gasteiger partial charge in [-0.3, -0.25) is 14.3 Å². The highest BCUT2D eigenvalue weighted by Gasteiger charge is 2.30. The summed E-state index contributed by atoms with van der Waals surface area (Å²) < 4.78 is 12.0. The lowest BCUT2D eigenvalue weighted by Crippen LogP contribution is -2.46. The van der Waals surface area contributed by atoms with Crippen LogP contribution in [0, 0.1) is 13.8 Å². The van der Waals surface area contributed by atoms with Crippen LogP contribution in [0.15, 0.2) is 34.0 Å². The summed E-state index contributed by atoms with van der Waals surface area (Å²) in [6.07, 6.45) is 8.72. The fourth-order valence-corrected chi connectivity index (χ4v) is 3.56. The molecule has 0 aromatic carbocycles. The normalized spacial score (nSPS) is 16.8. The average Bonchev–Trinajstić information content (AvgIpc) is 3.43. The van der Waals surface area contributed by atoms with Gasteiger partial charge in [-0.25, -0.2) is 9.97 Å². The Hall–Kier alpha value is -3.43. The molecular weight excluding hydrogens is 376 g/mol. The maximum absolute atomic E-state index is 12.9. The molecule has 0 radical (unpaired) electrons. The number of anilines is 1. The number of nitrogens with zero attached hydrogens (tertiary/aromatic N) is 5. The number of likely N-dealkylation sites (tertiary alicyclic amines) is 1. The quantitative estimate of drug-likeness (QED) is 0.701. The van der Waals surface area contributed by atoms with Gasteiger partial charge >= 0.3 is 0 Å². The molecule has 10 nitrogen and oxygen atoms in total. The van der Waals surface area contributed by atoms with Crippen LogP contribution in [0.4, 0.5) is 5.69 Å². The standard InChI is InChI=1S/C19H22N6O4/c1-12-16(20-10-28-12)18(26)23-14-7-22-24(8-14)9-15-5-3-4-6-25(15)19(27)17-13(2)29-11-21-17/h7-8,10-11,15H,3-6,9H2,1-2H3,(H,23,26)/t15-/m0/s1. The van der Waals surface area contributed by atoms with Crippen LogP contribution >= 0.6 is 0 Å². The highest BCUT2D eigenvalue weighted by molar-refractivity contribution is 6.03. The second kappa shape index (κ2) is 7.90. The fraction of sp³-hybridized carbons (Fsp3) is 0.421. The third kappa shape index (κ3) is 3.91. The minimum Gasteiger partial charge on any atom is -0.448 e. The Labute approximate surface area is 166 Å². The summed E-state index contributed by atoms with van der Waals surface area (Å²) in [5, 5.41) is 7.09. The van der Waals surface area contributed by atoms with Gasteiger partial charge in [0.2, 0.25) is 0 Å². The first-order valence-electron chi connectivity index (χ1n) is 9.48. The van der Waals surface area contributed by atoms with Gasteiger partial charge in [0, 0.05) is 12.7 Å². The largest absolute Gasteiger partial charge is 0.448 e. The van der Waals surface area contributed by atoms with Crippen LogP contribution in [0.3, 0.4) is 0 Å². The lowest BCUT2D eigenvalue weighted by atomic mass is 10.0. The number of oxazole rings is 2. The van der Waals surface area contributed by atoms with E-state index in [0.29, 0.717) is 36.0 Å². The van der Waals surface area contributed by atoms with E-state index in [1.54, 1.807) is 30.9 Å². The van der Waals surface area contributed by atoms with E-state index in [1.165, 1.54) is 12.8 Å². The summed E-state index contributed by atoms with van der Waals surface area (Å²) in [5.41, 5.74) is 1.15. The number of hydrogen-bond donors (Lipinski definition) is 1. The molecule has 2 amide bonds. The Kier molecular flexibility index (Phi) is 5.15. The van der Waals surface area contributed by atoms with E-state index in [2.05, 4.69) is 20.4 Å². The van der Waals surface area contributed by atoms with E-state index in [-0.39, 0.29) is 23.6 Å². The predicted molar refractivity (Wildman–Crippen MR) is 101 cm³/mol. The van der Waals surface area contributed by atoms with Crippen LogP contribution in [-0.4, -0.2) is 49.0 Å². The highest BCUT2D eigenvalue weighted by atomic mass is 16.3. The van der Waals surface area contributed by atoms with E-state index in [1.807, 2.05) is 4.90 Å². The zero-order valence-electron chi connectivity index (χ0n) is 16.3. The summed E-state index contributed by atoms with van der Waals surface area (Å²) in [7, 11) is 0. The Bertz CT molecular complexity index is 1020. The van der Waals surface area contributed by atoms with E-state index in [9.17, 15) is 9.59 Å². The highest BCUT2D eigenvalue weighted by Crippen LogP contribution is 2.22. The van der Waals surface area contributed by atoms with Gasteiger partial charge in [0.15, 0.2) is 24.2 Å². The number of aryl methyl sites for hydroxylation is 2. The van der Waals surface area contributed by atoms with Crippen molar-refractivity contribution in [2.45, 2.75) is 45.7 Å². The van der Waals surface area contributed by atoms with Crippen molar-refractivity contribution in [1.29, 1.82) is 0 Å². The van der Waals surface area contributed by atoms with Gasteiger partial charge in [-0.2, -0.15) is 5.10 Å². The van der Waals surface area contributed by atoms with Gasteiger partial charge in [0.1, 0.15) is 11.5 Å². The first-order valence-corrected chi connectivity index (χ1v) is 9.48. The van der Waals surface area contributed by atoms with Gasteiger partial charge < -0.3 is 19.1 Å². The number of rotatable bonds is 5. The third-order valence-corrected chi connectivity index (χ3v) is 5.08. The topological polar surface area (TPSA) is 119 Å². The Morgan fingerprint density at radius 3 is 2.55 bits per heavy atom. The van der Waals surface area contributed by atoms with Crippen LogP contribution in [0.1, 0.15) is 51.8 Å². The molecule has 1 N–H and O–H groups in total. The van der Waals surface area contributed by atoms with Crippen molar-refractivity contribution in [3.8, 4) is 0 Å². The average molecular weight is 398 g/mol. The molecule has 0 bridgehead atoms. The molecule has 1 saturated heterocycles. The minimum atomic E-state index is -0.355. The molecule has 0 unspecified atom stereocenters. The van der Waals surface area contributed by atoms with Crippen LogP contribution < -0.4 is 5.32 Å². The van der Waals surface area contributed by atoms with Crippen LogP contribution in [0.2, 0.25) is 0 Å². The number of carbonyl (C=O) groups is 2. The molecule has 0 spiro atoms. The summed E-state index contributed by atoms with van der Waals surface area (Å²) in [5.74, 6) is 0.496. The Balaban J connectivity index is 1.44. The van der Waals surface area contributed by atoms with Gasteiger partial charge in [-0.05, 0) is 33.1 Å². The van der Waals surface area contributed by atoms with Crippen molar-refractivity contribution < 1.29 is 18.4 Å².